The average molecular weight is 218 g/mol. The SMILES string of the molecule is CCC(C)(O)CC1CCCc2ccccc21. The third-order valence-corrected chi connectivity index (χ3v) is 3.94. The van der Waals surface area contributed by atoms with E-state index in [0.717, 1.165) is 12.8 Å². The van der Waals surface area contributed by atoms with Gasteiger partial charge in [-0.1, -0.05) is 31.2 Å². The van der Waals surface area contributed by atoms with Gasteiger partial charge in [-0.2, -0.15) is 0 Å². The quantitative estimate of drug-likeness (QED) is 0.821. The summed E-state index contributed by atoms with van der Waals surface area (Å²) in [4.78, 5) is 0. The van der Waals surface area contributed by atoms with Gasteiger partial charge in [0.1, 0.15) is 0 Å². The zero-order valence-electron chi connectivity index (χ0n) is 10.4. The van der Waals surface area contributed by atoms with Gasteiger partial charge in [-0.15, -0.1) is 0 Å². The van der Waals surface area contributed by atoms with Crippen LogP contribution < -0.4 is 0 Å². The van der Waals surface area contributed by atoms with Gasteiger partial charge >= 0.3 is 0 Å². The number of aryl methyl sites for hydroxylation is 1. The number of fused-ring (bicyclic) bond motifs is 1. The first kappa shape index (κ1) is 11.7. The molecule has 0 saturated heterocycles. The molecule has 0 aromatic heterocycles. The van der Waals surface area contributed by atoms with Crippen LogP contribution in [-0.2, 0) is 6.42 Å². The Hall–Kier alpha value is -0.820. The molecular formula is C15H22O. The van der Waals surface area contributed by atoms with Crippen molar-refractivity contribution < 1.29 is 5.11 Å². The van der Waals surface area contributed by atoms with Crippen molar-refractivity contribution in [2.45, 2.75) is 57.5 Å². The number of hydrogen-bond acceptors (Lipinski definition) is 1. The molecule has 1 aromatic carbocycles. The van der Waals surface area contributed by atoms with E-state index in [4.69, 9.17) is 0 Å². The van der Waals surface area contributed by atoms with Crippen LogP contribution >= 0.6 is 0 Å². The van der Waals surface area contributed by atoms with Gasteiger partial charge in [-0.25, -0.2) is 0 Å². The molecule has 16 heavy (non-hydrogen) atoms. The van der Waals surface area contributed by atoms with E-state index in [-0.39, 0.29) is 0 Å². The van der Waals surface area contributed by atoms with Gasteiger partial charge in [0.25, 0.3) is 0 Å². The van der Waals surface area contributed by atoms with Crippen molar-refractivity contribution >= 4 is 0 Å². The highest BCUT2D eigenvalue weighted by Crippen LogP contribution is 2.37. The van der Waals surface area contributed by atoms with Crippen LogP contribution in [0.2, 0.25) is 0 Å². The van der Waals surface area contributed by atoms with Crippen molar-refractivity contribution in [2.24, 2.45) is 0 Å². The average Bonchev–Trinajstić information content (AvgIpc) is 2.29. The van der Waals surface area contributed by atoms with E-state index in [1.165, 1.54) is 30.4 Å². The molecule has 0 spiro atoms. The van der Waals surface area contributed by atoms with E-state index in [1.807, 2.05) is 6.92 Å². The predicted octanol–water partition coefficient (Wildman–Crippen LogP) is 3.66. The zero-order chi connectivity index (χ0) is 11.6. The Morgan fingerprint density at radius 1 is 1.38 bits per heavy atom. The van der Waals surface area contributed by atoms with Gasteiger partial charge in [-0.3, -0.25) is 0 Å². The predicted molar refractivity (Wildman–Crippen MR) is 67.7 cm³/mol. The standard InChI is InChI=1S/C15H22O/c1-3-15(2,16)11-13-9-6-8-12-7-4-5-10-14(12)13/h4-5,7,10,13,16H,3,6,8-9,11H2,1-2H3. The zero-order valence-corrected chi connectivity index (χ0v) is 10.4. The van der Waals surface area contributed by atoms with E-state index in [0.29, 0.717) is 5.92 Å². The summed E-state index contributed by atoms with van der Waals surface area (Å²) in [7, 11) is 0. The van der Waals surface area contributed by atoms with Crippen LogP contribution in [0.25, 0.3) is 0 Å². The van der Waals surface area contributed by atoms with Crippen LogP contribution in [0, 0.1) is 0 Å². The molecule has 0 fully saturated rings. The van der Waals surface area contributed by atoms with Crippen molar-refractivity contribution in [2.75, 3.05) is 0 Å². The van der Waals surface area contributed by atoms with Crippen LogP contribution in [0.3, 0.4) is 0 Å². The van der Waals surface area contributed by atoms with Crippen molar-refractivity contribution in [1.29, 1.82) is 0 Å². The lowest BCUT2D eigenvalue weighted by Gasteiger charge is -2.31. The molecular weight excluding hydrogens is 196 g/mol. The van der Waals surface area contributed by atoms with Gasteiger partial charge in [-0.05, 0) is 56.1 Å². The van der Waals surface area contributed by atoms with Crippen LogP contribution in [0.1, 0.15) is 56.6 Å². The molecule has 0 heterocycles. The third-order valence-electron chi connectivity index (χ3n) is 3.94. The number of aliphatic hydroxyl groups is 1. The monoisotopic (exact) mass is 218 g/mol. The first-order chi connectivity index (χ1) is 7.62. The van der Waals surface area contributed by atoms with E-state index in [1.54, 1.807) is 0 Å². The van der Waals surface area contributed by atoms with Gasteiger partial charge in [0, 0.05) is 0 Å². The van der Waals surface area contributed by atoms with E-state index >= 15 is 0 Å². The van der Waals surface area contributed by atoms with E-state index in [2.05, 4.69) is 31.2 Å². The minimum absolute atomic E-state index is 0.505. The fraction of sp³-hybridized carbons (Fsp3) is 0.600. The summed E-state index contributed by atoms with van der Waals surface area (Å²) >= 11 is 0. The Labute approximate surface area is 98.5 Å². The van der Waals surface area contributed by atoms with E-state index < -0.39 is 5.60 Å². The smallest absolute Gasteiger partial charge is 0.0623 e. The highest BCUT2D eigenvalue weighted by Gasteiger charge is 2.27. The van der Waals surface area contributed by atoms with Crippen LogP contribution in [-0.4, -0.2) is 10.7 Å². The summed E-state index contributed by atoms with van der Waals surface area (Å²) in [6.07, 6.45) is 5.45. The molecule has 0 radical (unpaired) electrons. The lowest BCUT2D eigenvalue weighted by Crippen LogP contribution is -2.27. The molecule has 2 rings (SSSR count). The Balaban J connectivity index is 2.19. The van der Waals surface area contributed by atoms with Crippen molar-refractivity contribution in [3.8, 4) is 0 Å². The molecule has 88 valence electrons. The molecule has 1 aromatic rings. The molecule has 2 atom stereocenters. The molecule has 0 aliphatic heterocycles. The van der Waals surface area contributed by atoms with Crippen LogP contribution in [0.4, 0.5) is 0 Å². The minimum Gasteiger partial charge on any atom is -0.390 e. The molecule has 0 bridgehead atoms. The summed E-state index contributed by atoms with van der Waals surface area (Å²) in [6, 6.07) is 8.73. The minimum atomic E-state index is -0.505. The second kappa shape index (κ2) is 4.58. The third kappa shape index (κ3) is 2.46. The second-order valence-electron chi connectivity index (χ2n) is 5.34. The number of hydrogen-bond donors (Lipinski definition) is 1. The largest absolute Gasteiger partial charge is 0.390 e. The van der Waals surface area contributed by atoms with Crippen molar-refractivity contribution in [3.05, 3.63) is 35.4 Å². The number of benzene rings is 1. The Morgan fingerprint density at radius 3 is 2.88 bits per heavy atom. The van der Waals surface area contributed by atoms with E-state index in [9.17, 15) is 5.11 Å². The second-order valence-corrected chi connectivity index (χ2v) is 5.34. The molecule has 1 aliphatic rings. The topological polar surface area (TPSA) is 20.2 Å². The van der Waals surface area contributed by atoms with Crippen molar-refractivity contribution in [1.82, 2.24) is 0 Å². The molecule has 0 amide bonds. The lowest BCUT2D eigenvalue weighted by atomic mass is 9.77. The molecule has 2 unspecified atom stereocenters. The maximum atomic E-state index is 10.2. The van der Waals surface area contributed by atoms with Gasteiger partial charge in [0.2, 0.25) is 0 Å². The maximum Gasteiger partial charge on any atom is 0.0623 e. The molecule has 1 heteroatoms. The number of rotatable bonds is 3. The van der Waals surface area contributed by atoms with Crippen molar-refractivity contribution in [3.63, 3.8) is 0 Å². The van der Waals surface area contributed by atoms with Gasteiger partial charge < -0.3 is 5.11 Å². The summed E-state index contributed by atoms with van der Waals surface area (Å²) in [5, 5.41) is 10.2. The molecule has 1 nitrogen and oxygen atoms in total. The van der Waals surface area contributed by atoms with Gasteiger partial charge in [0.05, 0.1) is 5.60 Å². The molecule has 1 N–H and O–H groups in total. The Morgan fingerprint density at radius 2 is 2.12 bits per heavy atom. The Bertz CT molecular complexity index is 354. The summed E-state index contributed by atoms with van der Waals surface area (Å²) in [6.45, 7) is 4.03. The van der Waals surface area contributed by atoms with Gasteiger partial charge in [0.15, 0.2) is 0 Å². The maximum absolute atomic E-state index is 10.2. The molecule has 0 saturated carbocycles. The molecule has 1 aliphatic carbocycles. The first-order valence-corrected chi connectivity index (χ1v) is 6.42. The first-order valence-electron chi connectivity index (χ1n) is 6.42. The fourth-order valence-corrected chi connectivity index (χ4v) is 2.74. The fourth-order valence-electron chi connectivity index (χ4n) is 2.74. The lowest BCUT2D eigenvalue weighted by molar-refractivity contribution is 0.0377. The summed E-state index contributed by atoms with van der Waals surface area (Å²) < 4.78 is 0. The summed E-state index contributed by atoms with van der Waals surface area (Å²) in [5.41, 5.74) is 2.46. The summed E-state index contributed by atoms with van der Waals surface area (Å²) in [5.74, 6) is 0.555. The highest BCUT2D eigenvalue weighted by molar-refractivity contribution is 5.32. The Kier molecular flexibility index (Phi) is 3.34. The highest BCUT2D eigenvalue weighted by atomic mass is 16.3. The van der Waals surface area contributed by atoms with Crippen LogP contribution in [0.5, 0.6) is 0 Å². The van der Waals surface area contributed by atoms with Crippen LogP contribution in [0.15, 0.2) is 24.3 Å². The normalized spacial score (nSPS) is 23.6.